The highest BCUT2D eigenvalue weighted by Crippen LogP contribution is 2.32. The number of fused-ring (bicyclic) bond motifs is 1. The van der Waals surface area contributed by atoms with Crippen LogP contribution in [0, 0.1) is 0 Å². The third kappa shape index (κ3) is 4.02. The van der Waals surface area contributed by atoms with Crippen LogP contribution in [0.3, 0.4) is 0 Å². The summed E-state index contributed by atoms with van der Waals surface area (Å²) in [5.74, 6) is -0.371. The van der Waals surface area contributed by atoms with E-state index in [0.29, 0.717) is 11.5 Å². The lowest BCUT2D eigenvalue weighted by Gasteiger charge is -2.13. The molecule has 10 heteroatoms. The Morgan fingerprint density at radius 1 is 1.24 bits per heavy atom. The van der Waals surface area contributed by atoms with Crippen LogP contribution in [0.25, 0.3) is 0 Å². The van der Waals surface area contributed by atoms with Gasteiger partial charge in [0.05, 0.1) is 11.3 Å². The molecule has 25 heavy (non-hydrogen) atoms. The van der Waals surface area contributed by atoms with Crippen molar-refractivity contribution in [3.63, 3.8) is 0 Å². The lowest BCUT2D eigenvalue weighted by atomic mass is 10.2. The first-order valence-electron chi connectivity index (χ1n) is 7.35. The number of carbonyl (C=O) groups excluding carboxylic acids is 4. The standard InChI is InChI=1S/C15H14N2O7S/c18-12(16-3-4-17-13(19)7-25-15(17)21)6-22-14(20)9-1-2-10-11(5-9)24-8-23-10/h1-2,5H,3-4,6-8H2,(H,16,18). The van der Waals surface area contributed by atoms with Crippen molar-refractivity contribution in [2.75, 3.05) is 32.2 Å². The molecule has 0 atom stereocenters. The number of nitrogens with zero attached hydrogens (tertiary/aromatic N) is 1. The summed E-state index contributed by atoms with van der Waals surface area (Å²) in [7, 11) is 0. The van der Waals surface area contributed by atoms with Crippen molar-refractivity contribution in [1.82, 2.24) is 10.2 Å². The molecular weight excluding hydrogens is 352 g/mol. The number of thioether (sulfide) groups is 1. The quantitative estimate of drug-likeness (QED) is 0.720. The highest BCUT2D eigenvalue weighted by atomic mass is 32.2. The molecular formula is C15H14N2O7S. The Morgan fingerprint density at radius 2 is 2.04 bits per heavy atom. The van der Waals surface area contributed by atoms with Crippen LogP contribution in [0.15, 0.2) is 18.2 Å². The molecule has 1 fully saturated rings. The highest BCUT2D eigenvalue weighted by Gasteiger charge is 2.29. The van der Waals surface area contributed by atoms with Crippen LogP contribution < -0.4 is 14.8 Å². The van der Waals surface area contributed by atoms with Crippen molar-refractivity contribution < 1.29 is 33.4 Å². The Labute approximate surface area is 146 Å². The maximum atomic E-state index is 11.9. The van der Waals surface area contributed by atoms with Crippen molar-refractivity contribution in [3.8, 4) is 11.5 Å². The van der Waals surface area contributed by atoms with Crippen LogP contribution in [0.2, 0.25) is 0 Å². The number of amides is 3. The molecule has 1 aromatic carbocycles. The van der Waals surface area contributed by atoms with Crippen molar-refractivity contribution >= 4 is 34.8 Å². The summed E-state index contributed by atoms with van der Waals surface area (Å²) in [6, 6.07) is 4.57. The van der Waals surface area contributed by atoms with Crippen molar-refractivity contribution in [2.24, 2.45) is 0 Å². The first-order chi connectivity index (χ1) is 12.0. The molecule has 9 nitrogen and oxygen atoms in total. The molecule has 0 unspecified atom stereocenters. The Morgan fingerprint density at radius 3 is 2.80 bits per heavy atom. The van der Waals surface area contributed by atoms with Crippen LogP contribution in [-0.2, 0) is 14.3 Å². The number of carbonyl (C=O) groups is 4. The first-order valence-corrected chi connectivity index (χ1v) is 8.34. The van der Waals surface area contributed by atoms with E-state index in [2.05, 4.69) is 5.32 Å². The molecule has 0 radical (unpaired) electrons. The van der Waals surface area contributed by atoms with Gasteiger partial charge >= 0.3 is 5.97 Å². The number of benzene rings is 1. The zero-order chi connectivity index (χ0) is 17.8. The molecule has 2 aliphatic heterocycles. The zero-order valence-electron chi connectivity index (χ0n) is 13.0. The Bertz CT molecular complexity index is 721. The summed E-state index contributed by atoms with van der Waals surface area (Å²) < 4.78 is 15.2. The second kappa shape index (κ2) is 7.43. The van der Waals surface area contributed by atoms with Gasteiger partial charge in [-0.1, -0.05) is 11.8 Å². The predicted octanol–water partition coefficient (Wildman–Crippen LogP) is 0.384. The van der Waals surface area contributed by atoms with Crippen LogP contribution in [-0.4, -0.2) is 60.2 Å². The second-order valence-corrected chi connectivity index (χ2v) is 6.02. The maximum Gasteiger partial charge on any atom is 0.338 e. The van der Waals surface area contributed by atoms with Crippen LogP contribution in [0.5, 0.6) is 11.5 Å². The largest absolute Gasteiger partial charge is 0.454 e. The van der Waals surface area contributed by atoms with Gasteiger partial charge in [0.2, 0.25) is 12.7 Å². The fourth-order valence-electron chi connectivity index (χ4n) is 2.19. The summed E-state index contributed by atoms with van der Waals surface area (Å²) in [5.41, 5.74) is 0.238. The van der Waals surface area contributed by atoms with Crippen LogP contribution in [0.1, 0.15) is 10.4 Å². The average molecular weight is 366 g/mol. The Kier molecular flexibility index (Phi) is 5.08. The van der Waals surface area contributed by atoms with E-state index in [1.165, 1.54) is 12.1 Å². The van der Waals surface area contributed by atoms with E-state index in [9.17, 15) is 19.2 Å². The van der Waals surface area contributed by atoms with E-state index in [-0.39, 0.29) is 42.3 Å². The summed E-state index contributed by atoms with van der Waals surface area (Å²) >= 11 is 0.929. The molecule has 1 N–H and O–H groups in total. The molecule has 132 valence electrons. The highest BCUT2D eigenvalue weighted by molar-refractivity contribution is 8.14. The molecule has 0 aromatic heterocycles. The third-order valence-corrected chi connectivity index (χ3v) is 4.30. The zero-order valence-corrected chi connectivity index (χ0v) is 13.8. The number of rotatable bonds is 6. The fourth-order valence-corrected chi connectivity index (χ4v) is 2.94. The average Bonchev–Trinajstić information content (AvgIpc) is 3.20. The van der Waals surface area contributed by atoms with Gasteiger partial charge in [-0.05, 0) is 18.2 Å². The molecule has 0 aliphatic carbocycles. The lowest BCUT2D eigenvalue weighted by molar-refractivity contribution is -0.126. The normalized spacial score (nSPS) is 15.4. The van der Waals surface area contributed by atoms with Crippen LogP contribution >= 0.6 is 11.8 Å². The monoisotopic (exact) mass is 366 g/mol. The summed E-state index contributed by atoms with van der Waals surface area (Å²) in [6.45, 7) is -0.189. The molecule has 1 saturated heterocycles. The molecule has 0 spiro atoms. The first kappa shape index (κ1) is 17.1. The predicted molar refractivity (Wildman–Crippen MR) is 85.4 cm³/mol. The molecule has 3 amide bonds. The number of hydrogen-bond donors (Lipinski definition) is 1. The number of imide groups is 1. The van der Waals surface area contributed by atoms with E-state index in [4.69, 9.17) is 14.2 Å². The van der Waals surface area contributed by atoms with Gasteiger partial charge in [-0.2, -0.15) is 0 Å². The van der Waals surface area contributed by atoms with E-state index in [1.807, 2.05) is 0 Å². The van der Waals surface area contributed by atoms with Gasteiger partial charge in [0.1, 0.15) is 0 Å². The van der Waals surface area contributed by atoms with Gasteiger partial charge in [0.25, 0.3) is 11.1 Å². The SMILES string of the molecule is O=C(COC(=O)c1ccc2c(c1)OCO2)NCCN1C(=O)CSC1=O. The van der Waals surface area contributed by atoms with Gasteiger partial charge < -0.3 is 19.5 Å². The lowest BCUT2D eigenvalue weighted by Crippen LogP contribution is -2.38. The van der Waals surface area contributed by atoms with Gasteiger partial charge in [0, 0.05) is 13.1 Å². The van der Waals surface area contributed by atoms with E-state index >= 15 is 0 Å². The molecule has 0 saturated carbocycles. The molecule has 2 heterocycles. The number of ether oxygens (including phenoxy) is 3. The summed E-state index contributed by atoms with van der Waals surface area (Å²) in [4.78, 5) is 47.4. The number of nitrogens with one attached hydrogen (secondary N) is 1. The molecule has 2 aliphatic rings. The maximum absolute atomic E-state index is 11.9. The summed E-state index contributed by atoms with van der Waals surface area (Å²) in [5, 5.41) is 2.16. The Balaban J connectivity index is 1.40. The minimum Gasteiger partial charge on any atom is -0.454 e. The van der Waals surface area contributed by atoms with Gasteiger partial charge in [-0.15, -0.1) is 0 Å². The number of esters is 1. The van der Waals surface area contributed by atoms with Gasteiger partial charge in [-0.25, -0.2) is 4.79 Å². The minimum absolute atomic E-state index is 0.0898. The van der Waals surface area contributed by atoms with Crippen LogP contribution in [0.4, 0.5) is 4.79 Å². The van der Waals surface area contributed by atoms with E-state index in [1.54, 1.807) is 6.07 Å². The van der Waals surface area contributed by atoms with E-state index < -0.39 is 18.5 Å². The smallest absolute Gasteiger partial charge is 0.338 e. The van der Waals surface area contributed by atoms with Crippen molar-refractivity contribution in [1.29, 1.82) is 0 Å². The molecule has 1 aromatic rings. The minimum atomic E-state index is -0.672. The van der Waals surface area contributed by atoms with E-state index in [0.717, 1.165) is 16.7 Å². The summed E-state index contributed by atoms with van der Waals surface area (Å²) in [6.07, 6.45) is 0. The molecule has 0 bridgehead atoms. The Hall–Kier alpha value is -2.75. The topological polar surface area (TPSA) is 111 Å². The molecule has 3 rings (SSSR count). The van der Waals surface area contributed by atoms with Gasteiger partial charge in [-0.3, -0.25) is 19.3 Å². The van der Waals surface area contributed by atoms with Crippen molar-refractivity contribution in [3.05, 3.63) is 23.8 Å². The fraction of sp³-hybridized carbons (Fsp3) is 0.333. The third-order valence-electron chi connectivity index (χ3n) is 3.44. The van der Waals surface area contributed by atoms with Crippen molar-refractivity contribution in [2.45, 2.75) is 0 Å². The van der Waals surface area contributed by atoms with Gasteiger partial charge in [0.15, 0.2) is 18.1 Å². The second-order valence-electron chi connectivity index (χ2n) is 5.09. The number of hydrogen-bond acceptors (Lipinski definition) is 8.